The van der Waals surface area contributed by atoms with E-state index < -0.39 is 16.1 Å². The number of nitrogens with zero attached hydrogens (tertiary/aromatic N) is 3. The van der Waals surface area contributed by atoms with Crippen molar-refractivity contribution in [2.24, 2.45) is 23.7 Å². The van der Waals surface area contributed by atoms with Gasteiger partial charge in [0.15, 0.2) is 0 Å². The fourth-order valence-electron chi connectivity index (χ4n) is 7.99. The van der Waals surface area contributed by atoms with Crippen molar-refractivity contribution in [2.75, 3.05) is 39.8 Å². The quantitative estimate of drug-likeness (QED) is 0.525. The predicted molar refractivity (Wildman–Crippen MR) is 149 cm³/mol. The van der Waals surface area contributed by atoms with Gasteiger partial charge in [-0.05, 0) is 88.9 Å². The molecule has 0 aromatic rings. The van der Waals surface area contributed by atoms with Crippen LogP contribution in [0.4, 0.5) is 4.79 Å². The molecule has 5 aliphatic rings. The minimum atomic E-state index is -3.33. The van der Waals surface area contributed by atoms with Crippen LogP contribution in [0.5, 0.6) is 0 Å². The number of ether oxygens (including phenoxy) is 1. The van der Waals surface area contributed by atoms with Crippen molar-refractivity contribution < 1.29 is 22.7 Å². The van der Waals surface area contributed by atoms with Crippen LogP contribution in [0.15, 0.2) is 0 Å². The lowest BCUT2D eigenvalue weighted by Crippen LogP contribution is -2.51. The largest absolute Gasteiger partial charge is 0.453 e. The number of carbonyl (C=O) groups excluding carboxylic acids is 2. The molecule has 0 aromatic heterocycles. The molecule has 4 saturated heterocycles. The molecule has 2 amide bonds. The number of hydrazine groups is 1. The van der Waals surface area contributed by atoms with Gasteiger partial charge in [-0.2, -0.15) is 0 Å². The lowest BCUT2D eigenvalue weighted by atomic mass is 9.74. The summed E-state index contributed by atoms with van der Waals surface area (Å²) in [5.74, 6) is 2.09. The van der Waals surface area contributed by atoms with Crippen LogP contribution in [-0.4, -0.2) is 97.8 Å². The van der Waals surface area contributed by atoms with Crippen molar-refractivity contribution in [2.45, 2.75) is 101 Å². The summed E-state index contributed by atoms with van der Waals surface area (Å²) in [5.41, 5.74) is 3.61. The number of alkyl carbamates (subject to hydrolysis) is 1. The normalized spacial score (nSPS) is 35.9. The number of sulfonamides is 1. The van der Waals surface area contributed by atoms with Gasteiger partial charge in [0.2, 0.25) is 15.9 Å². The molecule has 4 heterocycles. The van der Waals surface area contributed by atoms with Gasteiger partial charge in [-0.25, -0.2) is 22.5 Å². The SMILES string of the molecule is COC(=O)NC1CCC(S(=O)(=O)N2CCC(C3CCN4NC(C)C(C(=O)N5CCC(C)CC5)C4C3)CC2)CC1. The fraction of sp³-hybridized carbons (Fsp3) is 0.929. The first-order valence-corrected chi connectivity index (χ1v) is 16.8. The lowest BCUT2D eigenvalue weighted by Gasteiger charge is -2.43. The van der Waals surface area contributed by atoms with E-state index in [1.165, 1.54) is 7.11 Å². The summed E-state index contributed by atoms with van der Waals surface area (Å²) in [7, 11) is -1.99. The Morgan fingerprint density at radius 1 is 0.846 bits per heavy atom. The van der Waals surface area contributed by atoms with Crippen LogP contribution >= 0.6 is 0 Å². The predicted octanol–water partition coefficient (Wildman–Crippen LogP) is 2.56. The van der Waals surface area contributed by atoms with Crippen molar-refractivity contribution in [3.63, 3.8) is 0 Å². The zero-order valence-corrected chi connectivity index (χ0v) is 24.8. The molecule has 2 N–H and O–H groups in total. The summed E-state index contributed by atoms with van der Waals surface area (Å²) < 4.78 is 33.3. The Morgan fingerprint density at radius 2 is 1.49 bits per heavy atom. The molecule has 222 valence electrons. The number of piperidine rings is 3. The number of carbonyl (C=O) groups is 2. The molecule has 4 aliphatic heterocycles. The summed E-state index contributed by atoms with van der Waals surface area (Å²) in [5, 5.41) is 4.79. The van der Waals surface area contributed by atoms with Crippen LogP contribution in [0, 0.1) is 23.7 Å². The summed E-state index contributed by atoms with van der Waals surface area (Å²) in [6.07, 6.45) is 8.17. The maximum absolute atomic E-state index is 13.6. The molecule has 10 nitrogen and oxygen atoms in total. The van der Waals surface area contributed by atoms with Crippen molar-refractivity contribution >= 4 is 22.0 Å². The van der Waals surface area contributed by atoms with Crippen LogP contribution in [0.3, 0.4) is 0 Å². The molecule has 0 aromatic carbocycles. The lowest BCUT2D eigenvalue weighted by molar-refractivity contribution is -0.138. The smallest absolute Gasteiger partial charge is 0.407 e. The number of rotatable bonds is 5. The first kappa shape index (κ1) is 29.1. The third-order valence-electron chi connectivity index (χ3n) is 10.5. The highest BCUT2D eigenvalue weighted by Crippen LogP contribution is 2.41. The van der Waals surface area contributed by atoms with E-state index in [2.05, 4.69) is 39.2 Å². The second-order valence-corrected chi connectivity index (χ2v) is 15.1. The molecule has 5 fully saturated rings. The molecular formula is C28H49N5O5S. The van der Waals surface area contributed by atoms with Crippen molar-refractivity contribution in [1.82, 2.24) is 25.0 Å². The number of fused-ring (bicyclic) bond motifs is 1. The maximum atomic E-state index is 13.6. The van der Waals surface area contributed by atoms with Crippen LogP contribution in [0.2, 0.25) is 0 Å². The van der Waals surface area contributed by atoms with Gasteiger partial charge < -0.3 is 15.0 Å². The third kappa shape index (κ3) is 6.26. The zero-order valence-electron chi connectivity index (χ0n) is 24.0. The van der Waals surface area contributed by atoms with Crippen LogP contribution in [0.1, 0.15) is 78.1 Å². The highest BCUT2D eigenvalue weighted by atomic mass is 32.2. The molecule has 0 bridgehead atoms. The van der Waals surface area contributed by atoms with Gasteiger partial charge in [-0.15, -0.1) is 0 Å². The molecule has 4 atom stereocenters. The minimum absolute atomic E-state index is 0.00507. The van der Waals surface area contributed by atoms with Gasteiger partial charge in [0.1, 0.15) is 0 Å². The summed E-state index contributed by atoms with van der Waals surface area (Å²) in [6.45, 7) is 8.36. The van der Waals surface area contributed by atoms with E-state index in [1.807, 2.05) is 0 Å². The standard InChI is InChI=1S/C28H49N5O5S/c1-19-8-13-31(14-9-19)27(34)26-20(2)30-33-17-12-22(18-25(26)33)21-10-15-32(16-11-21)39(36,37)24-6-4-23(5-7-24)29-28(35)38-3/h19-26,30H,4-18H2,1-3H3,(H,29,35). The Kier molecular flexibility index (Phi) is 9.10. The van der Waals surface area contributed by atoms with E-state index in [0.29, 0.717) is 62.4 Å². The topological polar surface area (TPSA) is 111 Å². The third-order valence-corrected chi connectivity index (χ3v) is 12.9. The fourth-order valence-corrected chi connectivity index (χ4v) is 10.0. The first-order chi connectivity index (χ1) is 18.7. The second kappa shape index (κ2) is 12.2. The van der Waals surface area contributed by atoms with E-state index in [0.717, 1.165) is 58.2 Å². The number of methoxy groups -OCH3 is 1. The molecule has 4 unspecified atom stereocenters. The van der Waals surface area contributed by atoms with Crippen LogP contribution < -0.4 is 10.7 Å². The molecular weight excluding hydrogens is 518 g/mol. The average Bonchev–Trinajstić information content (AvgIpc) is 3.28. The van der Waals surface area contributed by atoms with Crippen molar-refractivity contribution in [3.05, 3.63) is 0 Å². The van der Waals surface area contributed by atoms with Gasteiger partial charge >= 0.3 is 6.09 Å². The monoisotopic (exact) mass is 567 g/mol. The first-order valence-electron chi connectivity index (χ1n) is 15.3. The maximum Gasteiger partial charge on any atom is 0.407 e. The van der Waals surface area contributed by atoms with E-state index in [4.69, 9.17) is 0 Å². The number of amides is 2. The van der Waals surface area contributed by atoms with E-state index in [9.17, 15) is 18.0 Å². The number of hydrogen-bond donors (Lipinski definition) is 2. The zero-order chi connectivity index (χ0) is 27.7. The highest BCUT2D eigenvalue weighted by molar-refractivity contribution is 7.89. The minimum Gasteiger partial charge on any atom is -0.453 e. The molecule has 1 saturated carbocycles. The van der Waals surface area contributed by atoms with Crippen LogP contribution in [0.25, 0.3) is 0 Å². The van der Waals surface area contributed by atoms with Gasteiger partial charge in [0.05, 0.1) is 18.3 Å². The Balaban J connectivity index is 1.13. The van der Waals surface area contributed by atoms with Gasteiger partial charge in [-0.1, -0.05) is 6.92 Å². The summed E-state index contributed by atoms with van der Waals surface area (Å²) in [6, 6.07) is 0.383. The molecule has 0 radical (unpaired) electrons. The van der Waals surface area contributed by atoms with Gasteiger partial charge in [0, 0.05) is 50.8 Å². The molecule has 11 heteroatoms. The Morgan fingerprint density at radius 3 is 2.13 bits per heavy atom. The molecule has 0 spiro atoms. The van der Waals surface area contributed by atoms with Gasteiger partial charge in [-0.3, -0.25) is 10.2 Å². The van der Waals surface area contributed by atoms with E-state index in [-0.39, 0.29) is 29.3 Å². The summed E-state index contributed by atoms with van der Waals surface area (Å²) in [4.78, 5) is 27.2. The summed E-state index contributed by atoms with van der Waals surface area (Å²) >= 11 is 0. The van der Waals surface area contributed by atoms with Crippen LogP contribution in [-0.2, 0) is 19.6 Å². The molecule has 5 rings (SSSR count). The average molecular weight is 568 g/mol. The number of nitrogens with one attached hydrogen (secondary N) is 2. The van der Waals surface area contributed by atoms with Crippen molar-refractivity contribution in [3.8, 4) is 0 Å². The number of likely N-dealkylation sites (tertiary alicyclic amines) is 1. The van der Waals surface area contributed by atoms with E-state index >= 15 is 0 Å². The molecule has 1 aliphatic carbocycles. The molecule has 39 heavy (non-hydrogen) atoms. The van der Waals surface area contributed by atoms with E-state index in [1.54, 1.807) is 4.31 Å². The highest BCUT2D eigenvalue weighted by Gasteiger charge is 2.49. The van der Waals surface area contributed by atoms with Gasteiger partial charge in [0.25, 0.3) is 0 Å². The Bertz CT molecular complexity index is 971. The second-order valence-electron chi connectivity index (χ2n) is 12.9. The van der Waals surface area contributed by atoms with Crippen molar-refractivity contribution in [1.29, 1.82) is 0 Å². The Hall–Kier alpha value is -1.43. The number of hydrogen-bond acceptors (Lipinski definition) is 7. The Labute approximate surface area is 234 Å².